The zero-order chi connectivity index (χ0) is 15.9. The summed E-state index contributed by atoms with van der Waals surface area (Å²) >= 11 is 0. The number of carbonyl (C=O) groups excluding carboxylic acids is 1. The molecule has 0 spiro atoms. The Labute approximate surface area is 136 Å². The van der Waals surface area contributed by atoms with Gasteiger partial charge in [-0.3, -0.25) is 9.78 Å². The third-order valence-electron chi connectivity index (χ3n) is 4.07. The van der Waals surface area contributed by atoms with Gasteiger partial charge in [-0.25, -0.2) is 0 Å². The number of hydrogen-bond donors (Lipinski definition) is 0. The van der Waals surface area contributed by atoms with E-state index in [2.05, 4.69) is 17.1 Å². The lowest BCUT2D eigenvalue weighted by atomic mass is 9.87. The molecule has 0 fully saturated rings. The van der Waals surface area contributed by atoms with Crippen LogP contribution in [0.5, 0.6) is 0 Å². The summed E-state index contributed by atoms with van der Waals surface area (Å²) in [5, 5.41) is 0. The summed E-state index contributed by atoms with van der Waals surface area (Å²) in [5.41, 5.74) is 3.22. The van der Waals surface area contributed by atoms with Gasteiger partial charge in [0.15, 0.2) is 5.78 Å². The summed E-state index contributed by atoms with van der Waals surface area (Å²) in [7, 11) is 0. The summed E-state index contributed by atoms with van der Waals surface area (Å²) in [5.74, 6) is 0.410. The van der Waals surface area contributed by atoms with Crippen LogP contribution in [-0.4, -0.2) is 10.8 Å². The number of hydrogen-bond acceptors (Lipinski definition) is 2. The Kier molecular flexibility index (Phi) is 4.95. The molecule has 0 saturated heterocycles. The summed E-state index contributed by atoms with van der Waals surface area (Å²) in [6.07, 6.45) is 4.95. The highest BCUT2D eigenvalue weighted by atomic mass is 16.1. The molecule has 114 valence electrons. The van der Waals surface area contributed by atoms with Gasteiger partial charge < -0.3 is 0 Å². The Balaban J connectivity index is 1.79. The van der Waals surface area contributed by atoms with Crippen molar-refractivity contribution >= 4 is 5.78 Å². The van der Waals surface area contributed by atoms with Crippen LogP contribution in [0.1, 0.15) is 40.2 Å². The number of ketones is 1. The van der Waals surface area contributed by atoms with Gasteiger partial charge >= 0.3 is 0 Å². The maximum Gasteiger partial charge on any atom is 0.162 e. The van der Waals surface area contributed by atoms with Crippen molar-refractivity contribution in [2.45, 2.75) is 18.8 Å². The summed E-state index contributed by atoms with van der Waals surface area (Å²) in [6.45, 7) is 0. The number of nitrogens with zero attached hydrogens (tertiary/aromatic N) is 1. The highest BCUT2D eigenvalue weighted by Gasteiger charge is 2.16. The second-order valence-corrected chi connectivity index (χ2v) is 5.57. The number of Topliss-reactive ketones (excluding diaryl/α,β-unsaturated/α-hetero) is 1. The fourth-order valence-electron chi connectivity index (χ4n) is 2.85. The fraction of sp³-hybridized carbons (Fsp3) is 0.143. The average Bonchev–Trinajstić information content (AvgIpc) is 2.64. The van der Waals surface area contributed by atoms with Gasteiger partial charge in [-0.1, -0.05) is 60.7 Å². The lowest BCUT2D eigenvalue weighted by Crippen LogP contribution is -2.06. The first-order valence-electron chi connectivity index (χ1n) is 7.88. The molecule has 0 aliphatic rings. The SMILES string of the molecule is O=C(CCC(c1ccccc1)c1ccncc1)c1ccccc1. The topological polar surface area (TPSA) is 30.0 Å². The Hall–Kier alpha value is -2.74. The van der Waals surface area contributed by atoms with Gasteiger partial charge in [0.2, 0.25) is 0 Å². The third kappa shape index (κ3) is 3.92. The molecule has 23 heavy (non-hydrogen) atoms. The van der Waals surface area contributed by atoms with Crippen LogP contribution in [0.25, 0.3) is 0 Å². The van der Waals surface area contributed by atoms with E-state index in [1.165, 1.54) is 11.1 Å². The molecule has 1 aromatic heterocycles. The highest BCUT2D eigenvalue weighted by molar-refractivity contribution is 5.96. The molecule has 0 aliphatic heterocycles. The first-order valence-corrected chi connectivity index (χ1v) is 7.88. The van der Waals surface area contributed by atoms with E-state index in [9.17, 15) is 4.79 Å². The summed E-state index contributed by atoms with van der Waals surface area (Å²) < 4.78 is 0. The van der Waals surface area contributed by atoms with Crippen molar-refractivity contribution in [3.05, 3.63) is 102 Å². The minimum absolute atomic E-state index is 0.195. The largest absolute Gasteiger partial charge is 0.294 e. The highest BCUT2D eigenvalue weighted by Crippen LogP contribution is 2.29. The van der Waals surface area contributed by atoms with Gasteiger partial charge in [0.25, 0.3) is 0 Å². The molecular formula is C21H19NO. The van der Waals surface area contributed by atoms with Crippen molar-refractivity contribution in [2.24, 2.45) is 0 Å². The van der Waals surface area contributed by atoms with Crippen LogP contribution in [0.15, 0.2) is 85.2 Å². The molecule has 3 aromatic rings. The molecule has 0 bridgehead atoms. The van der Waals surface area contributed by atoms with E-state index in [1.807, 2.05) is 73.1 Å². The van der Waals surface area contributed by atoms with E-state index in [-0.39, 0.29) is 11.7 Å². The molecule has 3 rings (SSSR count). The number of benzene rings is 2. The van der Waals surface area contributed by atoms with E-state index in [0.29, 0.717) is 6.42 Å². The van der Waals surface area contributed by atoms with Crippen LogP contribution in [0.2, 0.25) is 0 Å². The van der Waals surface area contributed by atoms with Gasteiger partial charge in [-0.05, 0) is 29.7 Å². The van der Waals surface area contributed by atoms with Gasteiger partial charge in [-0.2, -0.15) is 0 Å². The van der Waals surface area contributed by atoms with Crippen molar-refractivity contribution in [3.63, 3.8) is 0 Å². The van der Waals surface area contributed by atoms with Gasteiger partial charge in [0.1, 0.15) is 0 Å². The number of pyridine rings is 1. The molecule has 0 aliphatic carbocycles. The quantitative estimate of drug-likeness (QED) is 0.608. The second-order valence-electron chi connectivity index (χ2n) is 5.57. The predicted octanol–water partition coefficient (Wildman–Crippen LogP) is 4.88. The number of rotatable bonds is 6. The molecule has 0 saturated carbocycles. The second kappa shape index (κ2) is 7.50. The van der Waals surface area contributed by atoms with Crippen LogP contribution in [0, 0.1) is 0 Å². The average molecular weight is 301 g/mol. The van der Waals surface area contributed by atoms with Crippen molar-refractivity contribution < 1.29 is 4.79 Å². The molecule has 0 N–H and O–H groups in total. The molecule has 2 nitrogen and oxygen atoms in total. The lowest BCUT2D eigenvalue weighted by molar-refractivity contribution is 0.0978. The molecule has 2 heteroatoms. The minimum atomic E-state index is 0.195. The normalized spacial score (nSPS) is 11.8. The van der Waals surface area contributed by atoms with E-state index in [1.54, 1.807) is 0 Å². The van der Waals surface area contributed by atoms with E-state index in [0.717, 1.165) is 12.0 Å². The van der Waals surface area contributed by atoms with Crippen molar-refractivity contribution in [3.8, 4) is 0 Å². The fourth-order valence-corrected chi connectivity index (χ4v) is 2.85. The maximum atomic E-state index is 12.4. The predicted molar refractivity (Wildman–Crippen MR) is 92.5 cm³/mol. The molecule has 1 unspecified atom stereocenters. The van der Waals surface area contributed by atoms with Crippen LogP contribution in [0.3, 0.4) is 0 Å². The lowest BCUT2D eigenvalue weighted by Gasteiger charge is -2.17. The molecular weight excluding hydrogens is 282 g/mol. The molecule has 2 aromatic carbocycles. The zero-order valence-corrected chi connectivity index (χ0v) is 12.9. The van der Waals surface area contributed by atoms with Gasteiger partial charge in [0, 0.05) is 30.3 Å². The van der Waals surface area contributed by atoms with Crippen molar-refractivity contribution in [1.82, 2.24) is 4.98 Å². The maximum absolute atomic E-state index is 12.4. The van der Waals surface area contributed by atoms with Gasteiger partial charge in [-0.15, -0.1) is 0 Å². The first-order chi connectivity index (χ1) is 11.3. The monoisotopic (exact) mass is 301 g/mol. The molecule has 0 radical (unpaired) electrons. The summed E-state index contributed by atoms with van der Waals surface area (Å²) in [4.78, 5) is 16.5. The Morgan fingerprint density at radius 3 is 2.00 bits per heavy atom. The van der Waals surface area contributed by atoms with Gasteiger partial charge in [0.05, 0.1) is 0 Å². The molecule has 0 amide bonds. The van der Waals surface area contributed by atoms with Crippen LogP contribution in [-0.2, 0) is 0 Å². The third-order valence-corrected chi connectivity index (χ3v) is 4.07. The molecule has 1 heterocycles. The Morgan fingerprint density at radius 2 is 1.35 bits per heavy atom. The van der Waals surface area contributed by atoms with E-state index < -0.39 is 0 Å². The zero-order valence-electron chi connectivity index (χ0n) is 12.9. The molecule has 1 atom stereocenters. The Morgan fingerprint density at radius 1 is 0.783 bits per heavy atom. The number of aromatic nitrogens is 1. The standard InChI is InChI=1S/C21H19NO/c23-21(19-9-5-2-6-10-19)12-11-20(17-7-3-1-4-8-17)18-13-15-22-16-14-18/h1-10,13-16,20H,11-12H2. The Bertz CT molecular complexity index is 699. The number of carbonyl (C=O) groups is 1. The van der Waals surface area contributed by atoms with Crippen molar-refractivity contribution in [2.75, 3.05) is 0 Å². The first kappa shape index (κ1) is 15.2. The minimum Gasteiger partial charge on any atom is -0.294 e. The van der Waals surface area contributed by atoms with Crippen LogP contribution < -0.4 is 0 Å². The van der Waals surface area contributed by atoms with E-state index >= 15 is 0 Å². The van der Waals surface area contributed by atoms with Crippen LogP contribution >= 0.6 is 0 Å². The van der Waals surface area contributed by atoms with E-state index in [4.69, 9.17) is 0 Å². The summed E-state index contributed by atoms with van der Waals surface area (Å²) in [6, 6.07) is 23.9. The smallest absolute Gasteiger partial charge is 0.162 e. The van der Waals surface area contributed by atoms with Crippen molar-refractivity contribution in [1.29, 1.82) is 0 Å². The van der Waals surface area contributed by atoms with Crippen LogP contribution in [0.4, 0.5) is 0 Å².